The normalized spacial score (nSPS) is 15.9. The largest absolute Gasteiger partial charge is 0.495 e. The molecule has 1 aliphatic heterocycles. The highest BCUT2D eigenvalue weighted by atomic mass is 35.5. The van der Waals surface area contributed by atoms with Crippen molar-refractivity contribution in [1.29, 1.82) is 0 Å². The lowest BCUT2D eigenvalue weighted by Gasteiger charge is -2.10. The molecule has 1 aliphatic rings. The van der Waals surface area contributed by atoms with Gasteiger partial charge >= 0.3 is 0 Å². The van der Waals surface area contributed by atoms with Gasteiger partial charge in [0, 0.05) is 10.6 Å². The molecule has 0 bridgehead atoms. The van der Waals surface area contributed by atoms with E-state index in [0.29, 0.717) is 22.0 Å². The van der Waals surface area contributed by atoms with Crippen LogP contribution in [-0.2, 0) is 9.59 Å². The maximum atomic E-state index is 12.2. The number of methoxy groups -OCH3 is 1. The van der Waals surface area contributed by atoms with Crippen LogP contribution >= 0.6 is 11.6 Å². The minimum absolute atomic E-state index is 0.108. The van der Waals surface area contributed by atoms with Crippen molar-refractivity contribution in [1.82, 2.24) is 10.7 Å². The Kier molecular flexibility index (Phi) is 6.23. The second-order valence-corrected chi connectivity index (χ2v) is 6.23. The molecule has 144 valence electrons. The number of halogens is 1. The monoisotopic (exact) mass is 399 g/mol. The van der Waals surface area contributed by atoms with E-state index >= 15 is 0 Å². The second-order valence-electron chi connectivity index (χ2n) is 5.83. The van der Waals surface area contributed by atoms with E-state index < -0.39 is 6.04 Å². The standard InChI is InChI=1S/C19H18ClN5O3/c1-28-16-9-5-4-8-14(16)22-17(26)10-15-18(27)24-19(23-15)25-21-11-12-6-2-3-7-13(12)20/h2-9,11,15H,10H2,1H3,(H,22,26)(H2,23,24,25,27)/b21-11-/t15-/m0/s1. The van der Waals surface area contributed by atoms with Crippen molar-refractivity contribution in [3.8, 4) is 5.75 Å². The number of hydrogen-bond acceptors (Lipinski definition) is 6. The van der Waals surface area contributed by atoms with Crippen molar-refractivity contribution in [3.05, 3.63) is 59.1 Å². The molecule has 0 radical (unpaired) electrons. The Hall–Kier alpha value is -3.39. The first-order chi connectivity index (χ1) is 13.6. The number of amides is 2. The summed E-state index contributed by atoms with van der Waals surface area (Å²) in [5, 5.41) is 9.81. The Bertz CT molecular complexity index is 945. The minimum Gasteiger partial charge on any atom is -0.495 e. The molecule has 3 N–H and O–H groups in total. The van der Waals surface area contributed by atoms with Gasteiger partial charge < -0.3 is 10.1 Å². The summed E-state index contributed by atoms with van der Waals surface area (Å²) < 4.78 is 5.19. The zero-order valence-electron chi connectivity index (χ0n) is 15.0. The molecule has 2 aromatic rings. The topological polar surface area (TPSA) is 104 Å². The van der Waals surface area contributed by atoms with Gasteiger partial charge in [-0.15, -0.1) is 0 Å². The highest BCUT2D eigenvalue weighted by Gasteiger charge is 2.28. The first-order valence-corrected chi connectivity index (χ1v) is 8.80. The van der Waals surface area contributed by atoms with Gasteiger partial charge in [0.05, 0.1) is 25.4 Å². The number of nitrogens with one attached hydrogen (secondary N) is 3. The molecule has 3 rings (SSSR count). The Morgan fingerprint density at radius 2 is 2.04 bits per heavy atom. The van der Waals surface area contributed by atoms with Crippen LogP contribution in [0, 0.1) is 0 Å². The van der Waals surface area contributed by atoms with Crippen molar-refractivity contribution in [2.45, 2.75) is 12.5 Å². The quantitative estimate of drug-likeness (QED) is 0.511. The van der Waals surface area contributed by atoms with Gasteiger partial charge in [-0.1, -0.05) is 41.9 Å². The summed E-state index contributed by atoms with van der Waals surface area (Å²) in [6.45, 7) is 0. The number of ether oxygens (including phenoxy) is 1. The van der Waals surface area contributed by atoms with Gasteiger partial charge in [0.1, 0.15) is 11.8 Å². The lowest BCUT2D eigenvalue weighted by molar-refractivity contribution is -0.123. The fourth-order valence-electron chi connectivity index (χ4n) is 2.51. The molecule has 2 amide bonds. The van der Waals surface area contributed by atoms with Gasteiger partial charge in [-0.05, 0) is 18.2 Å². The van der Waals surface area contributed by atoms with E-state index in [9.17, 15) is 9.59 Å². The molecule has 0 spiro atoms. The van der Waals surface area contributed by atoms with Crippen LogP contribution in [-0.4, -0.2) is 37.1 Å². The molecule has 2 aromatic carbocycles. The van der Waals surface area contributed by atoms with Crippen LogP contribution in [0.1, 0.15) is 12.0 Å². The summed E-state index contributed by atoms with van der Waals surface area (Å²) in [7, 11) is 1.51. The van der Waals surface area contributed by atoms with Gasteiger partial charge in [0.15, 0.2) is 0 Å². The van der Waals surface area contributed by atoms with Crippen molar-refractivity contribution in [2.75, 3.05) is 12.4 Å². The van der Waals surface area contributed by atoms with Crippen molar-refractivity contribution in [2.24, 2.45) is 10.1 Å². The van der Waals surface area contributed by atoms with E-state index in [1.54, 1.807) is 36.4 Å². The van der Waals surface area contributed by atoms with Crippen LogP contribution in [0.4, 0.5) is 5.69 Å². The summed E-state index contributed by atoms with van der Waals surface area (Å²) in [6.07, 6.45) is 1.40. The molecule has 0 aromatic heterocycles. The SMILES string of the molecule is COc1ccccc1NC(=O)C[C@@H]1N=C(N/N=C\c2ccccc2Cl)NC1=O. The number of anilines is 1. The van der Waals surface area contributed by atoms with Crippen LogP contribution in [0.5, 0.6) is 5.75 Å². The summed E-state index contributed by atoms with van der Waals surface area (Å²) in [5.41, 5.74) is 3.88. The molecular formula is C19H18ClN5O3. The maximum absolute atomic E-state index is 12.2. The third-order valence-electron chi connectivity index (χ3n) is 3.87. The number of guanidine groups is 1. The second kappa shape index (κ2) is 9.01. The fraction of sp³-hybridized carbons (Fsp3) is 0.158. The summed E-state index contributed by atoms with van der Waals surface area (Å²) in [5.74, 6) is -0.0327. The van der Waals surface area contributed by atoms with Gasteiger partial charge in [-0.3, -0.25) is 14.9 Å². The summed E-state index contributed by atoms with van der Waals surface area (Å²) in [4.78, 5) is 28.4. The predicted octanol–water partition coefficient (Wildman–Crippen LogP) is 2.16. The number of rotatable bonds is 6. The van der Waals surface area contributed by atoms with Crippen molar-refractivity contribution in [3.63, 3.8) is 0 Å². The number of hydrogen-bond donors (Lipinski definition) is 3. The molecular weight excluding hydrogens is 382 g/mol. The molecule has 28 heavy (non-hydrogen) atoms. The molecule has 0 saturated heterocycles. The number of carbonyl (C=O) groups is 2. The fourth-order valence-corrected chi connectivity index (χ4v) is 2.69. The van der Waals surface area contributed by atoms with E-state index in [-0.39, 0.29) is 24.2 Å². The average molecular weight is 400 g/mol. The van der Waals surface area contributed by atoms with E-state index in [1.165, 1.54) is 13.3 Å². The van der Waals surface area contributed by atoms with Crippen LogP contribution in [0.25, 0.3) is 0 Å². The zero-order chi connectivity index (χ0) is 19.9. The van der Waals surface area contributed by atoms with Crippen LogP contribution in [0.2, 0.25) is 5.02 Å². The van der Waals surface area contributed by atoms with Crippen LogP contribution in [0.3, 0.4) is 0 Å². The van der Waals surface area contributed by atoms with E-state index in [4.69, 9.17) is 16.3 Å². The van der Waals surface area contributed by atoms with Gasteiger partial charge in [0.25, 0.3) is 5.91 Å². The third-order valence-corrected chi connectivity index (χ3v) is 4.21. The Labute approximate surface area is 166 Å². The first kappa shape index (κ1) is 19.4. The van der Waals surface area contributed by atoms with E-state index in [1.807, 2.05) is 12.1 Å². The molecule has 1 heterocycles. The number of benzene rings is 2. The number of para-hydroxylation sites is 2. The van der Waals surface area contributed by atoms with Gasteiger partial charge in [0.2, 0.25) is 11.9 Å². The Morgan fingerprint density at radius 3 is 2.82 bits per heavy atom. The highest BCUT2D eigenvalue weighted by molar-refractivity contribution is 6.33. The lowest BCUT2D eigenvalue weighted by Crippen LogP contribution is -2.35. The molecule has 0 aliphatic carbocycles. The maximum Gasteiger partial charge on any atom is 0.252 e. The van der Waals surface area contributed by atoms with E-state index in [2.05, 4.69) is 26.2 Å². The average Bonchev–Trinajstić information content (AvgIpc) is 3.03. The zero-order valence-corrected chi connectivity index (χ0v) is 15.7. The molecule has 8 nitrogen and oxygen atoms in total. The Balaban J connectivity index is 1.57. The number of carbonyl (C=O) groups excluding carboxylic acids is 2. The van der Waals surface area contributed by atoms with E-state index in [0.717, 1.165) is 0 Å². The lowest BCUT2D eigenvalue weighted by atomic mass is 10.2. The first-order valence-electron chi connectivity index (χ1n) is 8.42. The van der Waals surface area contributed by atoms with Gasteiger partial charge in [-0.25, -0.2) is 10.4 Å². The molecule has 0 unspecified atom stereocenters. The summed E-state index contributed by atoms with van der Waals surface area (Å²) in [6, 6.07) is 13.4. The van der Waals surface area contributed by atoms with Gasteiger partial charge in [-0.2, -0.15) is 5.10 Å². The van der Waals surface area contributed by atoms with Crippen molar-refractivity contribution >= 4 is 41.3 Å². The number of hydrazone groups is 1. The van der Waals surface area contributed by atoms with Crippen LogP contribution in [0.15, 0.2) is 58.6 Å². The summed E-state index contributed by atoms with van der Waals surface area (Å²) >= 11 is 6.04. The molecule has 9 heteroatoms. The smallest absolute Gasteiger partial charge is 0.252 e. The Morgan fingerprint density at radius 1 is 1.29 bits per heavy atom. The number of aliphatic imine (C=N–C) groups is 1. The predicted molar refractivity (Wildman–Crippen MR) is 108 cm³/mol. The highest BCUT2D eigenvalue weighted by Crippen LogP contribution is 2.23. The molecule has 0 fully saturated rings. The van der Waals surface area contributed by atoms with Crippen molar-refractivity contribution < 1.29 is 14.3 Å². The third kappa shape index (κ3) is 4.86. The number of nitrogens with zero attached hydrogens (tertiary/aromatic N) is 2. The van der Waals surface area contributed by atoms with Crippen LogP contribution < -0.4 is 20.8 Å². The minimum atomic E-state index is -0.840. The molecule has 0 saturated carbocycles. The molecule has 1 atom stereocenters.